The summed E-state index contributed by atoms with van der Waals surface area (Å²) in [7, 11) is 3.35. The minimum atomic E-state index is 0.118. The standard InChI is InChI=1S/C16H22N2O4/c1-17-16(19)5-11-3-4-18(8-11)9-12-6-14-15(22-10-21-14)7-13(12)20-2/h6-7,11H,3-5,8-10H2,1-2H3,(H,17,19). The van der Waals surface area contributed by atoms with E-state index in [0.717, 1.165) is 48.9 Å². The Morgan fingerprint density at radius 3 is 2.91 bits per heavy atom. The van der Waals surface area contributed by atoms with Gasteiger partial charge in [0, 0.05) is 38.2 Å². The summed E-state index contributed by atoms with van der Waals surface area (Å²) in [5.41, 5.74) is 1.09. The Morgan fingerprint density at radius 1 is 1.41 bits per heavy atom. The number of rotatable bonds is 5. The summed E-state index contributed by atoms with van der Waals surface area (Å²) in [4.78, 5) is 13.8. The van der Waals surface area contributed by atoms with Crippen molar-refractivity contribution in [3.05, 3.63) is 17.7 Å². The number of carbonyl (C=O) groups excluding carboxylic acids is 1. The number of hydrogen-bond donors (Lipinski definition) is 1. The van der Waals surface area contributed by atoms with Crippen LogP contribution in [0.1, 0.15) is 18.4 Å². The van der Waals surface area contributed by atoms with Crippen molar-refractivity contribution < 1.29 is 19.0 Å². The summed E-state index contributed by atoms with van der Waals surface area (Å²) in [6.45, 7) is 2.99. The average Bonchev–Trinajstić information content (AvgIpc) is 3.15. The van der Waals surface area contributed by atoms with Gasteiger partial charge in [-0.05, 0) is 24.9 Å². The van der Waals surface area contributed by atoms with E-state index in [-0.39, 0.29) is 12.7 Å². The number of carbonyl (C=O) groups is 1. The fraction of sp³-hybridized carbons (Fsp3) is 0.562. The lowest BCUT2D eigenvalue weighted by Crippen LogP contribution is -2.24. The zero-order valence-corrected chi connectivity index (χ0v) is 13.1. The highest BCUT2D eigenvalue weighted by Crippen LogP contribution is 2.39. The second-order valence-electron chi connectivity index (χ2n) is 5.78. The van der Waals surface area contributed by atoms with Crippen molar-refractivity contribution in [1.29, 1.82) is 0 Å². The van der Waals surface area contributed by atoms with Crippen LogP contribution >= 0.6 is 0 Å². The van der Waals surface area contributed by atoms with Gasteiger partial charge in [0.1, 0.15) is 5.75 Å². The lowest BCUT2D eigenvalue weighted by Gasteiger charge is -2.18. The Balaban J connectivity index is 1.65. The van der Waals surface area contributed by atoms with E-state index in [9.17, 15) is 4.79 Å². The van der Waals surface area contributed by atoms with Crippen LogP contribution < -0.4 is 19.5 Å². The molecule has 6 nitrogen and oxygen atoms in total. The summed E-state index contributed by atoms with van der Waals surface area (Å²) >= 11 is 0. The number of benzene rings is 1. The summed E-state index contributed by atoms with van der Waals surface area (Å²) in [5, 5.41) is 2.70. The van der Waals surface area contributed by atoms with Crippen LogP contribution in [0.4, 0.5) is 0 Å². The van der Waals surface area contributed by atoms with Crippen LogP contribution in [0, 0.1) is 5.92 Å². The number of nitrogens with one attached hydrogen (secondary N) is 1. The van der Waals surface area contributed by atoms with Crippen LogP contribution in [0.2, 0.25) is 0 Å². The lowest BCUT2D eigenvalue weighted by atomic mass is 10.0. The highest BCUT2D eigenvalue weighted by Gasteiger charge is 2.26. The molecule has 2 aliphatic heterocycles. The predicted octanol–water partition coefficient (Wildman–Crippen LogP) is 1.38. The van der Waals surface area contributed by atoms with Gasteiger partial charge >= 0.3 is 0 Å². The van der Waals surface area contributed by atoms with Crippen LogP contribution in [-0.2, 0) is 11.3 Å². The molecule has 22 heavy (non-hydrogen) atoms. The van der Waals surface area contributed by atoms with Crippen LogP contribution in [0.25, 0.3) is 0 Å². The number of nitrogens with zero attached hydrogens (tertiary/aromatic N) is 1. The van der Waals surface area contributed by atoms with E-state index < -0.39 is 0 Å². The zero-order chi connectivity index (χ0) is 15.5. The molecule has 1 atom stereocenters. The monoisotopic (exact) mass is 306 g/mol. The molecule has 120 valence electrons. The molecule has 0 aromatic heterocycles. The van der Waals surface area contributed by atoms with E-state index in [2.05, 4.69) is 10.2 Å². The van der Waals surface area contributed by atoms with Gasteiger partial charge < -0.3 is 19.5 Å². The maximum atomic E-state index is 11.5. The van der Waals surface area contributed by atoms with E-state index >= 15 is 0 Å². The van der Waals surface area contributed by atoms with Gasteiger partial charge in [-0.25, -0.2) is 0 Å². The largest absolute Gasteiger partial charge is 0.496 e. The Bertz CT molecular complexity index is 561. The molecule has 0 aliphatic carbocycles. The number of amides is 1. The molecule has 1 amide bonds. The topological polar surface area (TPSA) is 60.0 Å². The number of likely N-dealkylation sites (tertiary alicyclic amines) is 1. The number of methoxy groups -OCH3 is 1. The maximum Gasteiger partial charge on any atom is 0.231 e. The molecule has 1 aromatic rings. The molecular formula is C16H22N2O4. The first kappa shape index (κ1) is 15.0. The molecule has 1 aromatic carbocycles. The molecule has 1 unspecified atom stereocenters. The molecule has 1 fully saturated rings. The molecule has 1 saturated heterocycles. The second-order valence-corrected chi connectivity index (χ2v) is 5.78. The normalized spacial score (nSPS) is 20.2. The first-order valence-corrected chi connectivity index (χ1v) is 7.59. The van der Waals surface area contributed by atoms with E-state index in [1.807, 2.05) is 12.1 Å². The number of ether oxygens (including phenoxy) is 3. The smallest absolute Gasteiger partial charge is 0.231 e. The third-order valence-electron chi connectivity index (χ3n) is 4.29. The third-order valence-corrected chi connectivity index (χ3v) is 4.29. The van der Waals surface area contributed by atoms with Crippen molar-refractivity contribution in [2.45, 2.75) is 19.4 Å². The SMILES string of the molecule is CNC(=O)CC1CCN(Cc2cc3c(cc2OC)OCO3)C1. The van der Waals surface area contributed by atoms with Gasteiger partial charge in [0.05, 0.1) is 7.11 Å². The Morgan fingerprint density at radius 2 is 2.18 bits per heavy atom. The van der Waals surface area contributed by atoms with Crippen LogP contribution in [0.15, 0.2) is 12.1 Å². The summed E-state index contributed by atoms with van der Waals surface area (Å²) in [5.74, 6) is 2.88. The minimum absolute atomic E-state index is 0.118. The van der Waals surface area contributed by atoms with E-state index in [4.69, 9.17) is 14.2 Å². The summed E-state index contributed by atoms with van der Waals surface area (Å²) in [6, 6.07) is 3.88. The average molecular weight is 306 g/mol. The van der Waals surface area contributed by atoms with E-state index in [1.54, 1.807) is 14.2 Å². The van der Waals surface area contributed by atoms with Gasteiger partial charge in [-0.15, -0.1) is 0 Å². The van der Waals surface area contributed by atoms with E-state index in [1.165, 1.54) is 0 Å². The summed E-state index contributed by atoms with van der Waals surface area (Å²) < 4.78 is 16.3. The fourth-order valence-corrected chi connectivity index (χ4v) is 3.11. The molecule has 0 saturated carbocycles. The van der Waals surface area contributed by atoms with Crippen LogP contribution in [0.3, 0.4) is 0 Å². The molecule has 2 aliphatic rings. The van der Waals surface area contributed by atoms with Crippen LogP contribution in [0.5, 0.6) is 17.2 Å². The predicted molar refractivity (Wildman–Crippen MR) is 81.2 cm³/mol. The summed E-state index contributed by atoms with van der Waals surface area (Å²) in [6.07, 6.45) is 1.66. The fourth-order valence-electron chi connectivity index (χ4n) is 3.11. The molecule has 1 N–H and O–H groups in total. The zero-order valence-electron chi connectivity index (χ0n) is 13.1. The third kappa shape index (κ3) is 3.11. The first-order valence-electron chi connectivity index (χ1n) is 7.59. The van der Waals surface area contributed by atoms with Crippen molar-refractivity contribution in [2.75, 3.05) is 34.0 Å². The van der Waals surface area contributed by atoms with Gasteiger partial charge in [0.25, 0.3) is 0 Å². The number of hydrogen-bond acceptors (Lipinski definition) is 5. The molecule has 3 rings (SSSR count). The van der Waals surface area contributed by atoms with Gasteiger partial charge in [0.2, 0.25) is 12.7 Å². The Kier molecular flexibility index (Phi) is 4.38. The second kappa shape index (κ2) is 6.44. The van der Waals surface area contributed by atoms with Crippen molar-refractivity contribution >= 4 is 5.91 Å². The van der Waals surface area contributed by atoms with Crippen molar-refractivity contribution in [1.82, 2.24) is 10.2 Å². The van der Waals surface area contributed by atoms with Gasteiger partial charge in [-0.2, -0.15) is 0 Å². The molecular weight excluding hydrogens is 284 g/mol. The Hall–Kier alpha value is -1.95. The highest BCUT2D eigenvalue weighted by atomic mass is 16.7. The quantitative estimate of drug-likeness (QED) is 0.890. The molecule has 0 bridgehead atoms. The molecule has 2 heterocycles. The molecule has 6 heteroatoms. The first-order chi connectivity index (χ1) is 10.7. The number of fused-ring (bicyclic) bond motifs is 1. The van der Waals surface area contributed by atoms with Crippen molar-refractivity contribution in [3.63, 3.8) is 0 Å². The maximum absolute atomic E-state index is 11.5. The van der Waals surface area contributed by atoms with E-state index in [0.29, 0.717) is 12.3 Å². The molecule has 0 radical (unpaired) electrons. The highest BCUT2D eigenvalue weighted by molar-refractivity contribution is 5.75. The van der Waals surface area contributed by atoms with Crippen molar-refractivity contribution in [2.24, 2.45) is 5.92 Å². The van der Waals surface area contributed by atoms with Gasteiger partial charge in [0.15, 0.2) is 11.5 Å². The molecule has 0 spiro atoms. The van der Waals surface area contributed by atoms with Gasteiger partial charge in [-0.3, -0.25) is 9.69 Å². The minimum Gasteiger partial charge on any atom is -0.496 e. The Labute approximate surface area is 130 Å². The van der Waals surface area contributed by atoms with Crippen LogP contribution in [-0.4, -0.2) is 44.8 Å². The lowest BCUT2D eigenvalue weighted by molar-refractivity contribution is -0.121. The van der Waals surface area contributed by atoms with Gasteiger partial charge in [-0.1, -0.05) is 0 Å². The van der Waals surface area contributed by atoms with Crippen molar-refractivity contribution in [3.8, 4) is 17.2 Å².